The zero-order valence-corrected chi connectivity index (χ0v) is 4.70. The highest BCUT2D eigenvalue weighted by Crippen LogP contribution is 1.88. The van der Waals surface area contributed by atoms with Crippen LogP contribution in [-0.4, -0.2) is 12.6 Å². The Morgan fingerprint density at radius 2 is 2.00 bits per heavy atom. The number of rotatable bonds is 3. The Balaban J connectivity index is 3.50. The van der Waals surface area contributed by atoms with Crippen molar-refractivity contribution >= 4 is 12.6 Å². The molecule has 0 heterocycles. The second-order valence-corrected chi connectivity index (χ2v) is 1.52. The van der Waals surface area contributed by atoms with E-state index < -0.39 is 0 Å². The summed E-state index contributed by atoms with van der Waals surface area (Å²) in [5.41, 5.74) is 0. The van der Waals surface area contributed by atoms with E-state index in [1.807, 2.05) is 0 Å². The maximum absolute atomic E-state index is 9.84. The molecule has 0 fully saturated rings. The first-order chi connectivity index (χ1) is 3.81. The molecule has 8 heavy (non-hydrogen) atoms. The SMILES string of the molecule is CC(C=O)C=CC=O. The summed E-state index contributed by atoms with van der Waals surface area (Å²) in [5.74, 6) is -0.139. The standard InChI is InChI=1S/C6H8O2/c1-6(5-8)3-2-4-7/h2-6H,1H3. The molecule has 0 aliphatic heterocycles. The van der Waals surface area contributed by atoms with Crippen LogP contribution in [0.1, 0.15) is 6.92 Å². The van der Waals surface area contributed by atoms with Gasteiger partial charge in [0.25, 0.3) is 0 Å². The number of allylic oxidation sites excluding steroid dienone is 2. The van der Waals surface area contributed by atoms with Gasteiger partial charge in [0.1, 0.15) is 12.6 Å². The zero-order chi connectivity index (χ0) is 6.41. The number of aldehydes is 2. The van der Waals surface area contributed by atoms with Crippen LogP contribution in [0.2, 0.25) is 0 Å². The van der Waals surface area contributed by atoms with Gasteiger partial charge in [-0.05, 0) is 6.08 Å². The van der Waals surface area contributed by atoms with Gasteiger partial charge in [-0.1, -0.05) is 13.0 Å². The molecular formula is C6H8O2. The summed E-state index contributed by atoms with van der Waals surface area (Å²) < 4.78 is 0. The maximum atomic E-state index is 9.84. The lowest BCUT2D eigenvalue weighted by Crippen LogP contribution is -1.87. The molecule has 0 bridgehead atoms. The third-order valence-electron chi connectivity index (χ3n) is 0.708. The Labute approximate surface area is 48.2 Å². The van der Waals surface area contributed by atoms with E-state index in [1.165, 1.54) is 6.08 Å². The van der Waals surface area contributed by atoms with Crippen LogP contribution in [0.25, 0.3) is 0 Å². The lowest BCUT2D eigenvalue weighted by Gasteiger charge is -1.85. The van der Waals surface area contributed by atoms with Crippen molar-refractivity contribution in [2.75, 3.05) is 0 Å². The molecule has 2 heteroatoms. The fourth-order valence-corrected chi connectivity index (χ4v) is 0.266. The average molecular weight is 112 g/mol. The first kappa shape index (κ1) is 7.08. The van der Waals surface area contributed by atoms with Gasteiger partial charge in [0, 0.05) is 5.92 Å². The van der Waals surface area contributed by atoms with Crippen molar-refractivity contribution in [3.63, 3.8) is 0 Å². The summed E-state index contributed by atoms with van der Waals surface area (Å²) in [5, 5.41) is 0. The molecule has 0 rings (SSSR count). The minimum Gasteiger partial charge on any atom is -0.303 e. The van der Waals surface area contributed by atoms with Crippen molar-refractivity contribution in [3.05, 3.63) is 12.2 Å². The molecule has 1 unspecified atom stereocenters. The van der Waals surface area contributed by atoms with E-state index in [0.29, 0.717) is 6.29 Å². The molecule has 0 aromatic heterocycles. The molecule has 44 valence electrons. The molecule has 2 nitrogen and oxygen atoms in total. The van der Waals surface area contributed by atoms with Crippen LogP contribution in [-0.2, 0) is 9.59 Å². The summed E-state index contributed by atoms with van der Waals surface area (Å²) >= 11 is 0. The minimum absolute atomic E-state index is 0.139. The number of carbonyl (C=O) groups excluding carboxylic acids is 2. The van der Waals surface area contributed by atoms with Crippen molar-refractivity contribution in [2.45, 2.75) is 6.92 Å². The summed E-state index contributed by atoms with van der Waals surface area (Å²) in [6, 6.07) is 0. The van der Waals surface area contributed by atoms with E-state index in [2.05, 4.69) is 0 Å². The van der Waals surface area contributed by atoms with Gasteiger partial charge >= 0.3 is 0 Å². The monoisotopic (exact) mass is 112 g/mol. The first-order valence-electron chi connectivity index (χ1n) is 2.38. The highest BCUT2D eigenvalue weighted by molar-refractivity contribution is 5.67. The van der Waals surface area contributed by atoms with E-state index in [4.69, 9.17) is 0 Å². The van der Waals surface area contributed by atoms with Crippen LogP contribution < -0.4 is 0 Å². The van der Waals surface area contributed by atoms with E-state index >= 15 is 0 Å². The Morgan fingerprint density at radius 3 is 2.38 bits per heavy atom. The van der Waals surface area contributed by atoms with Crippen LogP contribution in [0, 0.1) is 5.92 Å². The molecule has 0 aliphatic rings. The van der Waals surface area contributed by atoms with Crippen molar-refractivity contribution in [1.82, 2.24) is 0 Å². The van der Waals surface area contributed by atoms with Crippen molar-refractivity contribution in [2.24, 2.45) is 5.92 Å². The molecule has 0 N–H and O–H groups in total. The third-order valence-corrected chi connectivity index (χ3v) is 0.708. The van der Waals surface area contributed by atoms with Gasteiger partial charge in [0.2, 0.25) is 0 Å². The second kappa shape index (κ2) is 4.24. The van der Waals surface area contributed by atoms with Crippen molar-refractivity contribution in [1.29, 1.82) is 0 Å². The molecule has 0 spiro atoms. The number of hydrogen-bond acceptors (Lipinski definition) is 2. The summed E-state index contributed by atoms with van der Waals surface area (Å²) in [4.78, 5) is 19.5. The Hall–Kier alpha value is -0.920. The molecule has 0 amide bonds. The summed E-state index contributed by atoms with van der Waals surface area (Å²) in [6.45, 7) is 1.72. The molecule has 0 saturated carbocycles. The fourth-order valence-electron chi connectivity index (χ4n) is 0.266. The third kappa shape index (κ3) is 3.28. The predicted octanol–water partition coefficient (Wildman–Crippen LogP) is 0.577. The fraction of sp³-hybridized carbons (Fsp3) is 0.333. The highest BCUT2D eigenvalue weighted by Gasteiger charge is 1.87. The minimum atomic E-state index is -0.139. The van der Waals surface area contributed by atoms with Crippen LogP contribution >= 0.6 is 0 Å². The van der Waals surface area contributed by atoms with Crippen molar-refractivity contribution < 1.29 is 9.59 Å². The Bertz CT molecular complexity index is 105. The van der Waals surface area contributed by atoms with Gasteiger partial charge in [0.05, 0.1) is 0 Å². The predicted molar refractivity (Wildman–Crippen MR) is 30.4 cm³/mol. The van der Waals surface area contributed by atoms with E-state index in [-0.39, 0.29) is 5.92 Å². The van der Waals surface area contributed by atoms with E-state index in [1.54, 1.807) is 13.0 Å². The normalized spacial score (nSPS) is 13.6. The highest BCUT2D eigenvalue weighted by atomic mass is 16.1. The topological polar surface area (TPSA) is 34.1 Å². The largest absolute Gasteiger partial charge is 0.303 e. The zero-order valence-electron chi connectivity index (χ0n) is 4.70. The maximum Gasteiger partial charge on any atom is 0.142 e. The van der Waals surface area contributed by atoms with Crippen LogP contribution in [0.4, 0.5) is 0 Å². The van der Waals surface area contributed by atoms with Crippen LogP contribution in [0.5, 0.6) is 0 Å². The molecule has 0 saturated heterocycles. The number of carbonyl (C=O) groups is 2. The van der Waals surface area contributed by atoms with Gasteiger partial charge in [-0.25, -0.2) is 0 Å². The molecule has 0 aromatic rings. The lowest BCUT2D eigenvalue weighted by atomic mass is 10.2. The summed E-state index contributed by atoms with van der Waals surface area (Å²) in [7, 11) is 0. The molecule has 0 radical (unpaired) electrons. The van der Waals surface area contributed by atoms with Gasteiger partial charge < -0.3 is 4.79 Å². The van der Waals surface area contributed by atoms with Gasteiger partial charge in [-0.2, -0.15) is 0 Å². The smallest absolute Gasteiger partial charge is 0.142 e. The Kier molecular flexibility index (Phi) is 3.76. The van der Waals surface area contributed by atoms with Crippen LogP contribution in [0.15, 0.2) is 12.2 Å². The molecule has 1 atom stereocenters. The number of hydrogen-bond donors (Lipinski definition) is 0. The lowest BCUT2D eigenvalue weighted by molar-refractivity contribution is -0.109. The first-order valence-corrected chi connectivity index (χ1v) is 2.38. The van der Waals surface area contributed by atoms with Gasteiger partial charge in [0.15, 0.2) is 0 Å². The van der Waals surface area contributed by atoms with E-state index in [9.17, 15) is 9.59 Å². The summed E-state index contributed by atoms with van der Waals surface area (Å²) in [6.07, 6.45) is 4.29. The Morgan fingerprint density at radius 1 is 1.38 bits per heavy atom. The van der Waals surface area contributed by atoms with Gasteiger partial charge in [-0.15, -0.1) is 0 Å². The van der Waals surface area contributed by atoms with Crippen molar-refractivity contribution in [3.8, 4) is 0 Å². The van der Waals surface area contributed by atoms with Crippen LogP contribution in [0.3, 0.4) is 0 Å². The van der Waals surface area contributed by atoms with E-state index in [0.717, 1.165) is 6.29 Å². The molecule has 0 aliphatic carbocycles. The average Bonchev–Trinajstić information content (AvgIpc) is 1.83. The quantitative estimate of drug-likeness (QED) is 0.395. The second-order valence-electron chi connectivity index (χ2n) is 1.52. The molecular weight excluding hydrogens is 104 g/mol. The molecule has 0 aromatic carbocycles. The van der Waals surface area contributed by atoms with Gasteiger partial charge in [-0.3, -0.25) is 4.79 Å².